The van der Waals surface area contributed by atoms with Crippen LogP contribution in [0.4, 0.5) is 11.4 Å². The molecule has 0 fully saturated rings. The van der Waals surface area contributed by atoms with Crippen molar-refractivity contribution in [3.05, 3.63) is 52.9 Å². The predicted molar refractivity (Wildman–Crippen MR) is 135 cm³/mol. The molecule has 0 spiro atoms. The van der Waals surface area contributed by atoms with Crippen LogP contribution in [0.3, 0.4) is 0 Å². The van der Waals surface area contributed by atoms with Crippen LogP contribution in [-0.4, -0.2) is 42.9 Å². The van der Waals surface area contributed by atoms with Crippen molar-refractivity contribution < 1.29 is 28.3 Å². The molecule has 0 saturated heterocycles. The number of ether oxygens (including phenoxy) is 2. The van der Waals surface area contributed by atoms with Gasteiger partial charge in [0, 0.05) is 18.3 Å². The van der Waals surface area contributed by atoms with Crippen LogP contribution in [0.15, 0.2) is 41.0 Å². The third-order valence-corrected chi connectivity index (χ3v) is 6.21. The summed E-state index contributed by atoms with van der Waals surface area (Å²) in [5.74, 6) is -0.663. The molecule has 0 aliphatic carbocycles. The molecule has 2 aromatic heterocycles. The van der Waals surface area contributed by atoms with Crippen molar-refractivity contribution >= 4 is 40.6 Å². The normalized spacial score (nSPS) is 11.7. The van der Waals surface area contributed by atoms with E-state index in [2.05, 4.69) is 9.69 Å². The quantitative estimate of drug-likeness (QED) is 0.351. The highest BCUT2D eigenvalue weighted by Crippen LogP contribution is 2.37. The molecule has 0 saturated carbocycles. The summed E-state index contributed by atoms with van der Waals surface area (Å²) in [5.41, 5.74) is 11.3. The molecule has 5 N–H and O–H groups in total. The summed E-state index contributed by atoms with van der Waals surface area (Å²) in [5, 5.41) is 2.88. The van der Waals surface area contributed by atoms with Crippen LogP contribution in [0.1, 0.15) is 52.2 Å². The van der Waals surface area contributed by atoms with Gasteiger partial charge in [-0.2, -0.15) is 4.37 Å². The number of carbonyl (C=O) groups excluding carboxylic acids is 3. The first-order valence-corrected chi connectivity index (χ1v) is 11.9. The fraction of sp³-hybridized carbons (Fsp3) is 0.333. The minimum absolute atomic E-state index is 0.0508. The van der Waals surface area contributed by atoms with Crippen LogP contribution in [-0.2, 0) is 4.79 Å². The molecule has 0 bridgehead atoms. The maximum Gasteiger partial charge on any atom is 0.273 e. The van der Waals surface area contributed by atoms with Crippen molar-refractivity contribution in [2.45, 2.75) is 26.3 Å². The van der Waals surface area contributed by atoms with Crippen molar-refractivity contribution in [2.75, 3.05) is 31.4 Å². The number of nitrogens with two attached hydrogens (primary N) is 2. The number of nitrogen functional groups attached to an aromatic ring is 1. The highest BCUT2D eigenvalue weighted by atomic mass is 32.1. The van der Waals surface area contributed by atoms with E-state index < -0.39 is 23.8 Å². The molecule has 1 aromatic carbocycles. The van der Waals surface area contributed by atoms with E-state index in [4.69, 9.17) is 25.4 Å². The van der Waals surface area contributed by atoms with Gasteiger partial charge in [0.25, 0.3) is 17.7 Å². The van der Waals surface area contributed by atoms with Crippen LogP contribution in [0.25, 0.3) is 0 Å². The van der Waals surface area contributed by atoms with Crippen molar-refractivity contribution in [1.82, 2.24) is 9.69 Å². The third-order valence-electron chi connectivity index (χ3n) is 5.36. The molecule has 3 amide bonds. The van der Waals surface area contributed by atoms with Crippen LogP contribution in [0, 0.1) is 5.92 Å². The number of hydrogen-bond acceptors (Lipinski definition) is 9. The Bertz CT molecular complexity index is 1220. The van der Waals surface area contributed by atoms with Crippen LogP contribution < -0.4 is 31.2 Å². The average molecular weight is 516 g/mol. The van der Waals surface area contributed by atoms with Crippen molar-refractivity contribution in [2.24, 2.45) is 11.7 Å². The minimum atomic E-state index is -1.21. The third kappa shape index (κ3) is 5.60. The first-order valence-electron chi connectivity index (χ1n) is 11.1. The molecular formula is C24H29N5O6S. The van der Waals surface area contributed by atoms with E-state index in [1.165, 1.54) is 25.4 Å². The van der Waals surface area contributed by atoms with Gasteiger partial charge in [-0.05, 0) is 48.1 Å². The number of amides is 3. The number of aromatic nitrogens is 1. The summed E-state index contributed by atoms with van der Waals surface area (Å²) in [4.78, 5) is 40.3. The summed E-state index contributed by atoms with van der Waals surface area (Å²) >= 11 is 0.716. The molecule has 12 heteroatoms. The number of rotatable bonds is 11. The number of primary amides is 1. The second kappa shape index (κ2) is 11.6. The van der Waals surface area contributed by atoms with Crippen molar-refractivity contribution in [3.8, 4) is 11.5 Å². The molecule has 1 atom stereocenters. The van der Waals surface area contributed by atoms with Gasteiger partial charge in [0.2, 0.25) is 0 Å². The molecule has 2 heterocycles. The summed E-state index contributed by atoms with van der Waals surface area (Å²) in [6, 6.07) is 6.76. The van der Waals surface area contributed by atoms with Crippen molar-refractivity contribution in [3.63, 3.8) is 0 Å². The molecule has 1 unspecified atom stereocenters. The smallest absolute Gasteiger partial charge is 0.273 e. The van der Waals surface area contributed by atoms with E-state index in [0.29, 0.717) is 41.2 Å². The van der Waals surface area contributed by atoms with Gasteiger partial charge < -0.3 is 30.7 Å². The Morgan fingerprint density at radius 1 is 1.17 bits per heavy atom. The zero-order valence-corrected chi connectivity index (χ0v) is 21.3. The first-order chi connectivity index (χ1) is 17.2. The van der Waals surface area contributed by atoms with Crippen molar-refractivity contribution in [1.29, 1.82) is 0 Å². The standard InChI is InChI=1S/C24H29N5O6S/c1-13(2)9-10-27-23(31)20(16-6-5-11-35-16)29(14-7-8-15(33-3)17(12-14)34-4)24(32)21-18(25)19(22(26)30)28-36-21/h5-8,11-13,20H,9-10,25H2,1-4H3,(H2,26,30)(H,27,31). The molecule has 192 valence electrons. The second-order valence-corrected chi connectivity index (χ2v) is 9.02. The highest BCUT2D eigenvalue weighted by molar-refractivity contribution is 7.09. The van der Waals surface area contributed by atoms with Gasteiger partial charge in [0.05, 0.1) is 26.2 Å². The molecule has 0 aliphatic rings. The number of furan rings is 1. The van der Waals surface area contributed by atoms with Gasteiger partial charge in [-0.25, -0.2) is 0 Å². The number of methoxy groups -OCH3 is 2. The Labute approximate surface area is 212 Å². The number of nitrogens with zero attached hydrogens (tertiary/aromatic N) is 2. The predicted octanol–water partition coefficient (Wildman–Crippen LogP) is 2.98. The fourth-order valence-corrected chi connectivity index (χ4v) is 4.24. The van der Waals surface area contributed by atoms with Gasteiger partial charge in [-0.1, -0.05) is 13.8 Å². The highest BCUT2D eigenvalue weighted by Gasteiger charge is 2.38. The molecule has 0 radical (unpaired) electrons. The Kier molecular flexibility index (Phi) is 8.54. The lowest BCUT2D eigenvalue weighted by atomic mass is 10.1. The summed E-state index contributed by atoms with van der Waals surface area (Å²) < 4.78 is 20.2. The number of anilines is 2. The molecule has 11 nitrogen and oxygen atoms in total. The minimum Gasteiger partial charge on any atom is -0.493 e. The summed E-state index contributed by atoms with van der Waals surface area (Å²) in [6.07, 6.45) is 2.15. The van der Waals surface area contributed by atoms with Crippen LogP contribution in [0.5, 0.6) is 11.5 Å². The Morgan fingerprint density at radius 2 is 1.89 bits per heavy atom. The van der Waals surface area contributed by atoms with E-state index in [0.717, 1.165) is 6.42 Å². The first kappa shape index (κ1) is 26.5. The SMILES string of the molecule is COc1ccc(N(C(=O)c2snc(C(N)=O)c2N)C(C(=O)NCCC(C)C)c2ccco2)cc1OC. The lowest BCUT2D eigenvalue weighted by Gasteiger charge is -2.30. The van der Waals surface area contributed by atoms with Gasteiger partial charge in [-0.15, -0.1) is 0 Å². The van der Waals surface area contributed by atoms with Gasteiger partial charge >= 0.3 is 0 Å². The largest absolute Gasteiger partial charge is 0.493 e. The number of carbonyl (C=O) groups is 3. The van der Waals surface area contributed by atoms with E-state index in [9.17, 15) is 14.4 Å². The molecule has 3 aromatic rings. The van der Waals surface area contributed by atoms with E-state index >= 15 is 0 Å². The maximum absolute atomic E-state index is 13.9. The fourth-order valence-electron chi connectivity index (χ4n) is 3.50. The number of benzene rings is 1. The monoisotopic (exact) mass is 515 g/mol. The van der Waals surface area contributed by atoms with Gasteiger partial charge in [0.1, 0.15) is 10.6 Å². The lowest BCUT2D eigenvalue weighted by molar-refractivity contribution is -0.122. The Morgan fingerprint density at radius 3 is 2.44 bits per heavy atom. The Balaban J connectivity index is 2.16. The van der Waals surface area contributed by atoms with E-state index in [1.54, 1.807) is 30.3 Å². The zero-order valence-electron chi connectivity index (χ0n) is 20.4. The second-order valence-electron chi connectivity index (χ2n) is 8.24. The molecule has 3 rings (SSSR count). The molecular weight excluding hydrogens is 486 g/mol. The summed E-state index contributed by atoms with van der Waals surface area (Å²) in [7, 11) is 2.94. The van der Waals surface area contributed by atoms with Crippen LogP contribution >= 0.6 is 11.5 Å². The molecule has 0 aliphatic heterocycles. The zero-order chi connectivity index (χ0) is 26.4. The average Bonchev–Trinajstić information content (AvgIpc) is 3.51. The Hall–Kier alpha value is -4.06. The topological polar surface area (TPSA) is 163 Å². The number of hydrogen-bond donors (Lipinski definition) is 3. The maximum atomic E-state index is 13.9. The molecule has 36 heavy (non-hydrogen) atoms. The van der Waals surface area contributed by atoms with Gasteiger partial charge in [-0.3, -0.25) is 19.3 Å². The summed E-state index contributed by atoms with van der Waals surface area (Å²) in [6.45, 7) is 4.48. The van der Waals surface area contributed by atoms with E-state index in [1.807, 2.05) is 13.8 Å². The lowest BCUT2D eigenvalue weighted by Crippen LogP contribution is -2.44. The van der Waals surface area contributed by atoms with Crippen LogP contribution in [0.2, 0.25) is 0 Å². The number of nitrogens with one attached hydrogen (secondary N) is 1. The van der Waals surface area contributed by atoms with E-state index in [-0.39, 0.29) is 22.0 Å². The van der Waals surface area contributed by atoms with Gasteiger partial charge in [0.15, 0.2) is 23.2 Å².